The summed E-state index contributed by atoms with van der Waals surface area (Å²) < 4.78 is 0. The number of anilines is 1. The van der Waals surface area contributed by atoms with E-state index in [0.717, 1.165) is 17.8 Å². The van der Waals surface area contributed by atoms with Gasteiger partial charge in [-0.25, -0.2) is 0 Å². The van der Waals surface area contributed by atoms with Gasteiger partial charge in [0.2, 0.25) is 5.91 Å². The number of nitrogens with one attached hydrogen (secondary N) is 2. The average molecular weight is 325 g/mol. The van der Waals surface area contributed by atoms with E-state index >= 15 is 0 Å². The molecular formula is C20H27N3O. The lowest BCUT2D eigenvalue weighted by Crippen LogP contribution is -2.32. The predicted molar refractivity (Wildman–Crippen MR) is 100 cm³/mol. The van der Waals surface area contributed by atoms with Crippen LogP contribution in [0, 0.1) is 0 Å². The summed E-state index contributed by atoms with van der Waals surface area (Å²) in [6.07, 6.45) is 0. The number of carbonyl (C=O) groups is 1. The standard InChI is InChI=1S/C20H27N3O/c1-15(18-11-8-12-19(13-18)22-16(2)24)21-20(14-23(3)4)17-9-6-5-7-10-17/h5-13,15,20-21H,14H2,1-4H3,(H,22,24). The molecule has 0 aliphatic carbocycles. The number of rotatable bonds is 7. The molecule has 2 N–H and O–H groups in total. The zero-order chi connectivity index (χ0) is 17.5. The van der Waals surface area contributed by atoms with Gasteiger partial charge in [-0.3, -0.25) is 4.79 Å². The summed E-state index contributed by atoms with van der Waals surface area (Å²) in [4.78, 5) is 13.4. The molecule has 0 aromatic heterocycles. The third kappa shape index (κ3) is 5.48. The minimum Gasteiger partial charge on any atom is -0.326 e. The van der Waals surface area contributed by atoms with Gasteiger partial charge in [0.25, 0.3) is 0 Å². The van der Waals surface area contributed by atoms with Crippen molar-refractivity contribution >= 4 is 11.6 Å². The maximum absolute atomic E-state index is 11.2. The van der Waals surface area contributed by atoms with Crippen molar-refractivity contribution < 1.29 is 4.79 Å². The highest BCUT2D eigenvalue weighted by Crippen LogP contribution is 2.22. The van der Waals surface area contributed by atoms with Crippen LogP contribution >= 0.6 is 0 Å². The molecule has 0 heterocycles. The summed E-state index contributed by atoms with van der Waals surface area (Å²) in [5.74, 6) is -0.0532. The van der Waals surface area contributed by atoms with Crippen LogP contribution in [0.4, 0.5) is 5.69 Å². The fraction of sp³-hybridized carbons (Fsp3) is 0.350. The van der Waals surface area contributed by atoms with E-state index in [1.165, 1.54) is 12.5 Å². The van der Waals surface area contributed by atoms with Gasteiger partial charge in [-0.05, 0) is 44.3 Å². The molecule has 1 amide bonds. The normalized spacial score (nSPS) is 13.5. The van der Waals surface area contributed by atoms with Crippen molar-refractivity contribution in [2.75, 3.05) is 26.0 Å². The monoisotopic (exact) mass is 325 g/mol. The van der Waals surface area contributed by atoms with E-state index in [9.17, 15) is 4.79 Å². The summed E-state index contributed by atoms with van der Waals surface area (Å²) in [7, 11) is 4.17. The summed E-state index contributed by atoms with van der Waals surface area (Å²) in [5.41, 5.74) is 3.26. The molecule has 0 radical (unpaired) electrons. The molecule has 24 heavy (non-hydrogen) atoms. The predicted octanol–water partition coefficient (Wildman–Crippen LogP) is 3.60. The molecule has 0 aliphatic rings. The number of hydrogen-bond acceptors (Lipinski definition) is 3. The molecule has 2 aromatic carbocycles. The van der Waals surface area contributed by atoms with Gasteiger partial charge in [-0.2, -0.15) is 0 Å². The Morgan fingerprint density at radius 1 is 1.04 bits per heavy atom. The molecule has 0 saturated carbocycles. The van der Waals surface area contributed by atoms with E-state index in [1.807, 2.05) is 24.3 Å². The first kappa shape index (κ1) is 18.2. The molecular weight excluding hydrogens is 298 g/mol. The minimum absolute atomic E-state index is 0.0532. The lowest BCUT2D eigenvalue weighted by Gasteiger charge is -2.27. The number of benzene rings is 2. The van der Waals surface area contributed by atoms with Gasteiger partial charge in [0.05, 0.1) is 0 Å². The van der Waals surface area contributed by atoms with E-state index in [4.69, 9.17) is 0 Å². The Bertz CT molecular complexity index is 655. The van der Waals surface area contributed by atoms with E-state index in [1.54, 1.807) is 0 Å². The molecule has 0 bridgehead atoms. The van der Waals surface area contributed by atoms with Crippen molar-refractivity contribution in [1.82, 2.24) is 10.2 Å². The second-order valence-corrected chi connectivity index (χ2v) is 6.42. The Kier molecular flexibility index (Phi) is 6.53. The van der Waals surface area contributed by atoms with Gasteiger partial charge in [0.1, 0.15) is 0 Å². The SMILES string of the molecule is CC(=O)Nc1cccc(C(C)NC(CN(C)C)c2ccccc2)c1. The fourth-order valence-corrected chi connectivity index (χ4v) is 2.79. The Hall–Kier alpha value is -2.17. The summed E-state index contributed by atoms with van der Waals surface area (Å²) in [6, 6.07) is 18.9. The van der Waals surface area contributed by atoms with Crippen LogP contribution in [0.2, 0.25) is 0 Å². The number of amides is 1. The van der Waals surface area contributed by atoms with E-state index in [2.05, 4.69) is 66.9 Å². The number of nitrogens with zero attached hydrogens (tertiary/aromatic N) is 1. The number of likely N-dealkylation sites (N-methyl/N-ethyl adjacent to an activating group) is 1. The van der Waals surface area contributed by atoms with Crippen LogP contribution in [0.3, 0.4) is 0 Å². The molecule has 4 heteroatoms. The van der Waals surface area contributed by atoms with Crippen LogP contribution in [0.5, 0.6) is 0 Å². The van der Waals surface area contributed by atoms with Crippen molar-refractivity contribution in [3.05, 3.63) is 65.7 Å². The summed E-state index contributed by atoms with van der Waals surface area (Å²) >= 11 is 0. The highest BCUT2D eigenvalue weighted by atomic mass is 16.1. The molecule has 2 aromatic rings. The van der Waals surface area contributed by atoms with Crippen molar-refractivity contribution in [1.29, 1.82) is 0 Å². The molecule has 0 saturated heterocycles. The van der Waals surface area contributed by atoms with Crippen LogP contribution in [-0.2, 0) is 4.79 Å². The molecule has 2 rings (SSSR count). The minimum atomic E-state index is -0.0532. The van der Waals surface area contributed by atoms with Gasteiger partial charge < -0.3 is 15.5 Å². The molecule has 0 aliphatic heterocycles. The second-order valence-electron chi connectivity index (χ2n) is 6.42. The Labute approximate surface area is 144 Å². The first-order chi connectivity index (χ1) is 11.5. The number of carbonyl (C=O) groups excluding carboxylic acids is 1. The summed E-state index contributed by atoms with van der Waals surface area (Å²) in [5, 5.41) is 6.55. The zero-order valence-electron chi connectivity index (χ0n) is 14.9. The van der Waals surface area contributed by atoms with Crippen molar-refractivity contribution in [2.45, 2.75) is 25.9 Å². The van der Waals surface area contributed by atoms with Gasteiger partial charge in [-0.1, -0.05) is 42.5 Å². The maximum Gasteiger partial charge on any atom is 0.221 e. The second kappa shape index (κ2) is 8.62. The highest BCUT2D eigenvalue weighted by Gasteiger charge is 2.16. The topological polar surface area (TPSA) is 44.4 Å². The smallest absolute Gasteiger partial charge is 0.221 e. The summed E-state index contributed by atoms with van der Waals surface area (Å²) in [6.45, 7) is 4.59. The van der Waals surface area contributed by atoms with Crippen LogP contribution in [0.15, 0.2) is 54.6 Å². The quantitative estimate of drug-likeness (QED) is 0.817. The van der Waals surface area contributed by atoms with Gasteiger partial charge >= 0.3 is 0 Å². The van der Waals surface area contributed by atoms with Crippen LogP contribution < -0.4 is 10.6 Å². The van der Waals surface area contributed by atoms with E-state index in [-0.39, 0.29) is 18.0 Å². The number of hydrogen-bond donors (Lipinski definition) is 2. The van der Waals surface area contributed by atoms with Gasteiger partial charge in [-0.15, -0.1) is 0 Å². The van der Waals surface area contributed by atoms with Crippen LogP contribution in [0.25, 0.3) is 0 Å². The van der Waals surface area contributed by atoms with Gasteiger partial charge in [0, 0.05) is 31.2 Å². The van der Waals surface area contributed by atoms with Crippen LogP contribution in [0.1, 0.15) is 37.1 Å². The van der Waals surface area contributed by atoms with E-state index < -0.39 is 0 Å². The van der Waals surface area contributed by atoms with Crippen molar-refractivity contribution in [3.63, 3.8) is 0 Å². The van der Waals surface area contributed by atoms with Crippen molar-refractivity contribution in [3.8, 4) is 0 Å². The average Bonchev–Trinajstić information content (AvgIpc) is 2.54. The lowest BCUT2D eigenvalue weighted by atomic mass is 10.0. The van der Waals surface area contributed by atoms with E-state index in [0.29, 0.717) is 0 Å². The Morgan fingerprint density at radius 2 is 1.71 bits per heavy atom. The Balaban J connectivity index is 2.15. The molecule has 2 atom stereocenters. The van der Waals surface area contributed by atoms with Crippen LogP contribution in [-0.4, -0.2) is 31.4 Å². The third-order valence-corrected chi connectivity index (χ3v) is 3.91. The first-order valence-corrected chi connectivity index (χ1v) is 8.29. The molecule has 0 fully saturated rings. The first-order valence-electron chi connectivity index (χ1n) is 8.29. The zero-order valence-corrected chi connectivity index (χ0v) is 14.9. The van der Waals surface area contributed by atoms with Crippen molar-refractivity contribution in [2.24, 2.45) is 0 Å². The fourth-order valence-electron chi connectivity index (χ4n) is 2.79. The highest BCUT2D eigenvalue weighted by molar-refractivity contribution is 5.88. The molecule has 4 nitrogen and oxygen atoms in total. The molecule has 128 valence electrons. The maximum atomic E-state index is 11.2. The molecule has 2 unspecified atom stereocenters. The lowest BCUT2D eigenvalue weighted by molar-refractivity contribution is -0.114. The third-order valence-electron chi connectivity index (χ3n) is 3.91. The molecule has 0 spiro atoms. The Morgan fingerprint density at radius 3 is 2.33 bits per heavy atom. The largest absolute Gasteiger partial charge is 0.326 e. The van der Waals surface area contributed by atoms with Gasteiger partial charge in [0.15, 0.2) is 0 Å².